The van der Waals surface area contributed by atoms with Crippen LogP contribution in [0.15, 0.2) is 6.20 Å². The Hall–Kier alpha value is -0.900. The molecule has 4 nitrogen and oxygen atoms in total. The SMILES string of the molecule is CC(C)(C)CCn1cc(CNC2CC2)nn1. The van der Waals surface area contributed by atoms with Crippen LogP contribution in [0.4, 0.5) is 0 Å². The molecule has 0 atom stereocenters. The maximum atomic E-state index is 4.17. The van der Waals surface area contributed by atoms with Gasteiger partial charge < -0.3 is 5.32 Å². The molecule has 1 heterocycles. The van der Waals surface area contributed by atoms with Crippen molar-refractivity contribution < 1.29 is 0 Å². The Labute approximate surface area is 97.4 Å². The fourth-order valence-electron chi connectivity index (χ4n) is 1.52. The molecule has 0 saturated heterocycles. The molecule has 0 aliphatic heterocycles. The van der Waals surface area contributed by atoms with Crippen molar-refractivity contribution in [3.05, 3.63) is 11.9 Å². The average Bonchev–Trinajstić information content (AvgIpc) is 2.91. The smallest absolute Gasteiger partial charge is 0.0964 e. The van der Waals surface area contributed by atoms with E-state index in [1.165, 1.54) is 12.8 Å². The summed E-state index contributed by atoms with van der Waals surface area (Å²) in [5.74, 6) is 0. The third-order valence-electron chi connectivity index (χ3n) is 2.83. The van der Waals surface area contributed by atoms with Gasteiger partial charge in [0.05, 0.1) is 5.69 Å². The van der Waals surface area contributed by atoms with E-state index < -0.39 is 0 Å². The van der Waals surface area contributed by atoms with Crippen molar-refractivity contribution in [2.24, 2.45) is 5.41 Å². The lowest BCUT2D eigenvalue weighted by molar-refractivity contribution is 0.339. The fraction of sp³-hybridized carbons (Fsp3) is 0.833. The molecule has 2 rings (SSSR count). The third kappa shape index (κ3) is 3.93. The zero-order valence-electron chi connectivity index (χ0n) is 10.5. The molecule has 1 aromatic rings. The van der Waals surface area contributed by atoms with Crippen LogP contribution in [0.3, 0.4) is 0 Å². The summed E-state index contributed by atoms with van der Waals surface area (Å²) in [6.07, 6.45) is 5.82. The summed E-state index contributed by atoms with van der Waals surface area (Å²) in [4.78, 5) is 0. The van der Waals surface area contributed by atoms with E-state index in [4.69, 9.17) is 0 Å². The molecular weight excluding hydrogens is 200 g/mol. The van der Waals surface area contributed by atoms with Gasteiger partial charge in [0.15, 0.2) is 0 Å². The number of rotatable bonds is 5. The predicted molar refractivity (Wildman–Crippen MR) is 64.0 cm³/mol. The van der Waals surface area contributed by atoms with Crippen LogP contribution < -0.4 is 5.32 Å². The van der Waals surface area contributed by atoms with E-state index >= 15 is 0 Å². The minimum atomic E-state index is 0.359. The van der Waals surface area contributed by atoms with Crippen LogP contribution in [0.1, 0.15) is 45.7 Å². The van der Waals surface area contributed by atoms with Gasteiger partial charge in [0.2, 0.25) is 0 Å². The highest BCUT2D eigenvalue weighted by Gasteiger charge is 2.20. The van der Waals surface area contributed by atoms with Gasteiger partial charge in [0.25, 0.3) is 0 Å². The molecule has 90 valence electrons. The highest BCUT2D eigenvalue weighted by molar-refractivity contribution is 4.94. The lowest BCUT2D eigenvalue weighted by atomic mass is 9.92. The highest BCUT2D eigenvalue weighted by atomic mass is 15.4. The van der Waals surface area contributed by atoms with Crippen LogP contribution in [-0.2, 0) is 13.1 Å². The summed E-state index contributed by atoms with van der Waals surface area (Å²) in [7, 11) is 0. The summed E-state index contributed by atoms with van der Waals surface area (Å²) >= 11 is 0. The lowest BCUT2D eigenvalue weighted by Crippen LogP contribution is -2.15. The Bertz CT molecular complexity index is 333. The van der Waals surface area contributed by atoms with E-state index in [9.17, 15) is 0 Å². The van der Waals surface area contributed by atoms with Crippen LogP contribution in [0, 0.1) is 5.41 Å². The number of nitrogens with one attached hydrogen (secondary N) is 1. The second kappa shape index (κ2) is 4.53. The molecule has 1 aromatic heterocycles. The normalized spacial score (nSPS) is 16.7. The summed E-state index contributed by atoms with van der Waals surface area (Å²) in [5, 5.41) is 11.8. The zero-order valence-corrected chi connectivity index (χ0v) is 10.5. The molecule has 4 heteroatoms. The zero-order chi connectivity index (χ0) is 11.6. The number of aromatic nitrogens is 3. The van der Waals surface area contributed by atoms with Gasteiger partial charge in [-0.2, -0.15) is 0 Å². The van der Waals surface area contributed by atoms with Gasteiger partial charge >= 0.3 is 0 Å². The van der Waals surface area contributed by atoms with Gasteiger partial charge in [0.1, 0.15) is 0 Å². The summed E-state index contributed by atoms with van der Waals surface area (Å²) < 4.78 is 1.95. The lowest BCUT2D eigenvalue weighted by Gasteiger charge is -2.17. The molecule has 0 unspecified atom stereocenters. The van der Waals surface area contributed by atoms with Crippen molar-refractivity contribution in [2.45, 2.75) is 59.2 Å². The Morgan fingerprint density at radius 3 is 2.81 bits per heavy atom. The van der Waals surface area contributed by atoms with Crippen LogP contribution >= 0.6 is 0 Å². The van der Waals surface area contributed by atoms with E-state index in [0.29, 0.717) is 5.41 Å². The van der Waals surface area contributed by atoms with E-state index in [-0.39, 0.29) is 0 Å². The van der Waals surface area contributed by atoms with E-state index in [1.807, 2.05) is 4.68 Å². The van der Waals surface area contributed by atoms with Gasteiger partial charge in [-0.25, -0.2) is 0 Å². The van der Waals surface area contributed by atoms with Crippen molar-refractivity contribution in [3.63, 3.8) is 0 Å². The van der Waals surface area contributed by atoms with Crippen molar-refractivity contribution in [3.8, 4) is 0 Å². The largest absolute Gasteiger partial charge is 0.308 e. The van der Waals surface area contributed by atoms with Gasteiger partial charge in [-0.1, -0.05) is 26.0 Å². The van der Waals surface area contributed by atoms with Gasteiger partial charge in [-0.05, 0) is 24.7 Å². The maximum Gasteiger partial charge on any atom is 0.0964 e. The summed E-state index contributed by atoms with van der Waals surface area (Å²) in [5.41, 5.74) is 1.42. The topological polar surface area (TPSA) is 42.7 Å². The standard InChI is InChI=1S/C12H22N4/c1-12(2,3)6-7-16-9-11(14-15-16)8-13-10-4-5-10/h9-10,13H,4-8H2,1-3H3. The molecule has 1 aliphatic rings. The molecule has 1 fully saturated rings. The molecule has 0 spiro atoms. The molecule has 1 saturated carbocycles. The number of aryl methyl sites for hydroxylation is 1. The molecule has 0 radical (unpaired) electrons. The average molecular weight is 222 g/mol. The summed E-state index contributed by atoms with van der Waals surface area (Å²) in [6, 6.07) is 0.736. The molecule has 0 amide bonds. The second-order valence-electron chi connectivity index (χ2n) is 5.94. The van der Waals surface area contributed by atoms with E-state index in [2.05, 4.69) is 42.6 Å². The highest BCUT2D eigenvalue weighted by Crippen LogP contribution is 2.20. The first kappa shape index (κ1) is 11.6. The second-order valence-corrected chi connectivity index (χ2v) is 5.94. The number of hydrogen-bond donors (Lipinski definition) is 1. The first-order chi connectivity index (χ1) is 7.53. The summed E-state index contributed by atoms with van der Waals surface area (Å²) in [6.45, 7) is 8.57. The quantitative estimate of drug-likeness (QED) is 0.828. The van der Waals surface area contributed by atoms with Gasteiger partial charge in [-0.15, -0.1) is 5.10 Å². The van der Waals surface area contributed by atoms with Gasteiger partial charge in [-0.3, -0.25) is 4.68 Å². The first-order valence-electron chi connectivity index (χ1n) is 6.15. The van der Waals surface area contributed by atoms with E-state index in [0.717, 1.165) is 31.2 Å². The molecule has 1 N–H and O–H groups in total. The van der Waals surface area contributed by atoms with Crippen molar-refractivity contribution in [2.75, 3.05) is 0 Å². The van der Waals surface area contributed by atoms with E-state index in [1.54, 1.807) is 0 Å². The number of hydrogen-bond acceptors (Lipinski definition) is 3. The van der Waals surface area contributed by atoms with Crippen molar-refractivity contribution >= 4 is 0 Å². The molecule has 16 heavy (non-hydrogen) atoms. The molecule has 0 aromatic carbocycles. The Morgan fingerprint density at radius 2 is 2.19 bits per heavy atom. The Morgan fingerprint density at radius 1 is 1.44 bits per heavy atom. The Kier molecular flexibility index (Phi) is 3.28. The van der Waals surface area contributed by atoms with Crippen LogP contribution in [0.2, 0.25) is 0 Å². The third-order valence-corrected chi connectivity index (χ3v) is 2.83. The van der Waals surface area contributed by atoms with Crippen LogP contribution in [0.25, 0.3) is 0 Å². The van der Waals surface area contributed by atoms with Crippen LogP contribution in [0.5, 0.6) is 0 Å². The van der Waals surface area contributed by atoms with Crippen molar-refractivity contribution in [1.82, 2.24) is 20.3 Å². The molecular formula is C12H22N4. The fourth-order valence-corrected chi connectivity index (χ4v) is 1.52. The Balaban J connectivity index is 1.77. The molecule has 0 bridgehead atoms. The monoisotopic (exact) mass is 222 g/mol. The predicted octanol–water partition coefficient (Wildman–Crippen LogP) is 1.97. The first-order valence-corrected chi connectivity index (χ1v) is 6.15. The van der Waals surface area contributed by atoms with Crippen LogP contribution in [-0.4, -0.2) is 21.0 Å². The minimum absolute atomic E-state index is 0.359. The molecule has 1 aliphatic carbocycles. The number of nitrogens with zero attached hydrogens (tertiary/aromatic N) is 3. The van der Waals surface area contributed by atoms with Crippen molar-refractivity contribution in [1.29, 1.82) is 0 Å². The van der Waals surface area contributed by atoms with Gasteiger partial charge in [0, 0.05) is 25.3 Å². The maximum absolute atomic E-state index is 4.17. The minimum Gasteiger partial charge on any atom is -0.308 e.